The molecular formula is C16H22N4O4. The number of nitrogens with one attached hydrogen (secondary N) is 1. The Morgan fingerprint density at radius 2 is 2.04 bits per heavy atom. The van der Waals surface area contributed by atoms with Crippen molar-refractivity contribution in [3.63, 3.8) is 0 Å². The fourth-order valence-electron chi connectivity index (χ4n) is 3.36. The van der Waals surface area contributed by atoms with Gasteiger partial charge in [-0.3, -0.25) is 14.7 Å². The topological polar surface area (TPSA) is 107 Å². The van der Waals surface area contributed by atoms with Crippen molar-refractivity contribution in [1.82, 2.24) is 20.0 Å². The summed E-state index contributed by atoms with van der Waals surface area (Å²) in [7, 11) is 0. The summed E-state index contributed by atoms with van der Waals surface area (Å²) in [6.45, 7) is 2.26. The minimum absolute atomic E-state index is 0.00131. The minimum atomic E-state index is -1.08. The smallest absolute Gasteiger partial charge is 0.356 e. The van der Waals surface area contributed by atoms with Gasteiger partial charge in [0.05, 0.1) is 0 Å². The third kappa shape index (κ3) is 3.42. The summed E-state index contributed by atoms with van der Waals surface area (Å²) in [6.07, 6.45) is 4.21. The summed E-state index contributed by atoms with van der Waals surface area (Å²) in [5, 5.41) is 15.7. The summed E-state index contributed by atoms with van der Waals surface area (Å²) in [5.74, 6) is -0.895. The molecule has 8 nitrogen and oxygen atoms in total. The first-order chi connectivity index (χ1) is 11.6. The van der Waals surface area contributed by atoms with Gasteiger partial charge in [-0.2, -0.15) is 5.10 Å². The van der Waals surface area contributed by atoms with E-state index in [4.69, 9.17) is 5.11 Å². The van der Waals surface area contributed by atoms with Gasteiger partial charge in [0.25, 0.3) is 0 Å². The average Bonchev–Trinajstić information content (AvgIpc) is 2.99. The molecule has 0 aliphatic carbocycles. The van der Waals surface area contributed by atoms with Crippen molar-refractivity contribution in [1.29, 1.82) is 0 Å². The predicted octanol–water partition coefficient (Wildman–Crippen LogP) is 0.785. The number of fused-ring (bicyclic) bond motifs is 1. The maximum absolute atomic E-state index is 12.4. The molecular weight excluding hydrogens is 312 g/mol. The zero-order chi connectivity index (χ0) is 17.1. The van der Waals surface area contributed by atoms with Crippen molar-refractivity contribution >= 4 is 17.8 Å². The highest BCUT2D eigenvalue weighted by Gasteiger charge is 2.27. The Morgan fingerprint density at radius 1 is 1.21 bits per heavy atom. The van der Waals surface area contributed by atoms with E-state index in [0.29, 0.717) is 44.3 Å². The molecule has 0 radical (unpaired) electrons. The van der Waals surface area contributed by atoms with Crippen LogP contribution in [0.3, 0.4) is 0 Å². The highest BCUT2D eigenvalue weighted by molar-refractivity contribution is 5.87. The van der Waals surface area contributed by atoms with Gasteiger partial charge in [0.15, 0.2) is 5.69 Å². The molecule has 0 atom stereocenters. The van der Waals surface area contributed by atoms with E-state index in [9.17, 15) is 14.4 Å². The van der Waals surface area contributed by atoms with Crippen LogP contribution in [0.1, 0.15) is 53.8 Å². The van der Waals surface area contributed by atoms with Crippen molar-refractivity contribution in [2.45, 2.75) is 45.1 Å². The van der Waals surface area contributed by atoms with Crippen molar-refractivity contribution in [2.24, 2.45) is 0 Å². The Kier molecular flexibility index (Phi) is 4.82. The van der Waals surface area contributed by atoms with Crippen molar-refractivity contribution in [2.75, 3.05) is 19.6 Å². The summed E-state index contributed by atoms with van der Waals surface area (Å²) in [6, 6.07) is 0. The second-order valence-electron chi connectivity index (χ2n) is 6.34. The lowest BCUT2D eigenvalue weighted by atomic mass is 10.0. The van der Waals surface area contributed by atoms with E-state index < -0.39 is 5.97 Å². The Hall–Kier alpha value is -2.38. The zero-order valence-corrected chi connectivity index (χ0v) is 13.6. The molecule has 2 aliphatic rings. The number of aromatic amines is 1. The highest BCUT2D eigenvalue weighted by Crippen LogP contribution is 2.21. The molecule has 1 fully saturated rings. The molecule has 0 unspecified atom stereocenters. The van der Waals surface area contributed by atoms with Crippen LogP contribution in [0.5, 0.6) is 0 Å². The average molecular weight is 334 g/mol. The second-order valence-corrected chi connectivity index (χ2v) is 6.34. The SMILES string of the molecule is O=C(O)c1n[nH]c2c1CN(C(=O)CCCN1CCCCC1=O)CC2. The molecule has 1 aromatic rings. The molecule has 8 heteroatoms. The number of carbonyl (C=O) groups is 3. The Morgan fingerprint density at radius 3 is 2.79 bits per heavy atom. The lowest BCUT2D eigenvalue weighted by Gasteiger charge is -2.29. The summed E-state index contributed by atoms with van der Waals surface area (Å²) >= 11 is 0. The number of nitrogens with zero attached hydrogens (tertiary/aromatic N) is 3. The van der Waals surface area contributed by atoms with E-state index in [1.165, 1.54) is 0 Å². The molecule has 2 aliphatic heterocycles. The molecule has 0 saturated carbocycles. The number of piperidine rings is 1. The third-order valence-electron chi connectivity index (χ3n) is 4.73. The molecule has 2 amide bonds. The van der Waals surface area contributed by atoms with Crippen LogP contribution < -0.4 is 0 Å². The number of likely N-dealkylation sites (tertiary alicyclic amines) is 1. The Bertz CT molecular complexity index is 655. The van der Waals surface area contributed by atoms with E-state index in [1.54, 1.807) is 4.90 Å². The number of aromatic carboxylic acids is 1. The van der Waals surface area contributed by atoms with Gasteiger partial charge >= 0.3 is 5.97 Å². The molecule has 3 rings (SSSR count). The molecule has 1 saturated heterocycles. The van der Waals surface area contributed by atoms with Gasteiger partial charge in [-0.1, -0.05) is 0 Å². The highest BCUT2D eigenvalue weighted by atomic mass is 16.4. The van der Waals surface area contributed by atoms with E-state index in [0.717, 1.165) is 25.1 Å². The first-order valence-corrected chi connectivity index (χ1v) is 8.41. The quantitative estimate of drug-likeness (QED) is 0.828. The van der Waals surface area contributed by atoms with Gasteiger partial charge in [0.1, 0.15) is 0 Å². The lowest BCUT2D eigenvalue weighted by molar-refractivity contribution is -0.135. The number of carbonyl (C=O) groups excluding carboxylic acids is 2. The standard InChI is InChI=1S/C16H22N4O4/c21-13-4-1-2-7-19(13)8-3-5-14(22)20-9-6-12-11(10-20)15(16(23)24)18-17-12/h1-10H2,(H,17,18)(H,23,24). The fourth-order valence-corrected chi connectivity index (χ4v) is 3.36. The van der Waals surface area contributed by atoms with Crippen LogP contribution in [0.25, 0.3) is 0 Å². The molecule has 0 bridgehead atoms. The number of H-pyrrole nitrogens is 1. The van der Waals surface area contributed by atoms with Gasteiger partial charge in [-0.15, -0.1) is 0 Å². The van der Waals surface area contributed by atoms with Crippen LogP contribution in [0.15, 0.2) is 0 Å². The van der Waals surface area contributed by atoms with Gasteiger partial charge in [-0.05, 0) is 19.3 Å². The van der Waals surface area contributed by atoms with Crippen LogP contribution in [0.4, 0.5) is 0 Å². The van der Waals surface area contributed by atoms with Gasteiger partial charge in [-0.25, -0.2) is 4.79 Å². The number of carboxylic acids is 1. The monoisotopic (exact) mass is 334 g/mol. The minimum Gasteiger partial charge on any atom is -0.476 e. The number of hydrogen-bond acceptors (Lipinski definition) is 4. The molecule has 130 valence electrons. The van der Waals surface area contributed by atoms with Crippen LogP contribution >= 0.6 is 0 Å². The molecule has 0 spiro atoms. The number of aromatic nitrogens is 2. The molecule has 1 aromatic heterocycles. The number of amides is 2. The van der Waals surface area contributed by atoms with Crippen LogP contribution in [-0.2, 0) is 22.6 Å². The largest absolute Gasteiger partial charge is 0.476 e. The summed E-state index contributed by atoms with van der Waals surface area (Å²) in [4.78, 5) is 38.8. The van der Waals surface area contributed by atoms with Gasteiger partial charge < -0.3 is 14.9 Å². The molecule has 24 heavy (non-hydrogen) atoms. The third-order valence-corrected chi connectivity index (χ3v) is 4.73. The second kappa shape index (κ2) is 7.02. The zero-order valence-electron chi connectivity index (χ0n) is 13.6. The van der Waals surface area contributed by atoms with Crippen LogP contribution in [0, 0.1) is 0 Å². The lowest BCUT2D eigenvalue weighted by Crippen LogP contribution is -2.38. The Labute approximate surface area is 139 Å². The van der Waals surface area contributed by atoms with Crippen LogP contribution in [0.2, 0.25) is 0 Å². The predicted molar refractivity (Wildman–Crippen MR) is 84.3 cm³/mol. The van der Waals surface area contributed by atoms with E-state index in [-0.39, 0.29) is 24.1 Å². The van der Waals surface area contributed by atoms with E-state index in [1.807, 2.05) is 4.90 Å². The summed E-state index contributed by atoms with van der Waals surface area (Å²) in [5.41, 5.74) is 1.41. The van der Waals surface area contributed by atoms with Crippen LogP contribution in [-0.4, -0.2) is 62.5 Å². The Balaban J connectivity index is 1.51. The van der Waals surface area contributed by atoms with Crippen molar-refractivity contribution in [3.05, 3.63) is 17.0 Å². The number of hydrogen-bond donors (Lipinski definition) is 2. The first kappa shape index (κ1) is 16.5. The van der Waals surface area contributed by atoms with Gasteiger partial charge in [0, 0.05) is 56.7 Å². The fraction of sp³-hybridized carbons (Fsp3) is 0.625. The molecule has 2 N–H and O–H groups in total. The van der Waals surface area contributed by atoms with Gasteiger partial charge in [0.2, 0.25) is 11.8 Å². The van der Waals surface area contributed by atoms with Crippen molar-refractivity contribution < 1.29 is 19.5 Å². The first-order valence-electron chi connectivity index (χ1n) is 8.41. The number of carboxylic acid groups (broad SMARTS) is 1. The van der Waals surface area contributed by atoms with E-state index >= 15 is 0 Å². The van der Waals surface area contributed by atoms with E-state index in [2.05, 4.69) is 10.2 Å². The summed E-state index contributed by atoms with van der Waals surface area (Å²) < 4.78 is 0. The molecule has 3 heterocycles. The maximum atomic E-state index is 12.4. The maximum Gasteiger partial charge on any atom is 0.356 e. The normalized spacial score (nSPS) is 17.8. The van der Waals surface area contributed by atoms with Crippen molar-refractivity contribution in [3.8, 4) is 0 Å². The number of rotatable bonds is 5. The molecule has 0 aromatic carbocycles.